The number of fused-ring (bicyclic) bond motifs is 1. The fourth-order valence-corrected chi connectivity index (χ4v) is 2.27. The second kappa shape index (κ2) is 5.07. The summed E-state index contributed by atoms with van der Waals surface area (Å²) >= 11 is 12.4. The fraction of sp³-hybridized carbons (Fsp3) is 0. The molecule has 0 radical (unpaired) electrons. The van der Waals surface area contributed by atoms with E-state index in [1.807, 2.05) is 0 Å². The van der Waals surface area contributed by atoms with Crippen molar-refractivity contribution in [2.24, 2.45) is 0 Å². The lowest BCUT2D eigenvalue weighted by Gasteiger charge is -2.02. The molecule has 19 heavy (non-hydrogen) atoms. The molecule has 0 aliphatic heterocycles. The van der Waals surface area contributed by atoms with E-state index in [4.69, 9.17) is 16.0 Å². The van der Waals surface area contributed by atoms with Gasteiger partial charge < -0.3 is 9.73 Å². The molecule has 0 fully saturated rings. The monoisotopic (exact) mass is 402 g/mol. The van der Waals surface area contributed by atoms with Gasteiger partial charge in [0.05, 0.1) is 5.69 Å². The van der Waals surface area contributed by atoms with Crippen LogP contribution in [0.3, 0.4) is 0 Å². The van der Waals surface area contributed by atoms with Gasteiger partial charge in [0, 0.05) is 11.1 Å². The second-order valence-electron chi connectivity index (χ2n) is 3.63. The summed E-state index contributed by atoms with van der Waals surface area (Å²) in [5.41, 5.74) is 2.04. The number of halogens is 3. The number of aromatic nitrogens is 3. The zero-order valence-electron chi connectivity index (χ0n) is 9.19. The average Bonchev–Trinajstić information content (AvgIpc) is 2.75. The average molecular weight is 404 g/mol. The quantitative estimate of drug-likeness (QED) is 0.679. The van der Waals surface area contributed by atoms with Crippen LogP contribution in [0.25, 0.3) is 11.1 Å². The minimum absolute atomic E-state index is 0.359. The minimum Gasteiger partial charge on any atom is -0.423 e. The standard InChI is InChI=1S/C11H5Br2ClN4O/c12-9-4-7(10(13)18-17-9)16-11-15-6-2-1-5(14)3-8(6)19-11/h1-4H,(H,15,16,17). The van der Waals surface area contributed by atoms with Gasteiger partial charge in [0.25, 0.3) is 6.01 Å². The number of benzene rings is 1. The van der Waals surface area contributed by atoms with Crippen LogP contribution in [0.4, 0.5) is 11.7 Å². The van der Waals surface area contributed by atoms with Crippen LogP contribution in [0.15, 0.2) is 37.9 Å². The number of nitrogens with zero attached hydrogens (tertiary/aromatic N) is 3. The molecule has 2 heterocycles. The van der Waals surface area contributed by atoms with Crippen LogP contribution in [0.5, 0.6) is 0 Å². The highest BCUT2D eigenvalue weighted by atomic mass is 79.9. The number of oxazole rings is 1. The Balaban J connectivity index is 1.98. The summed E-state index contributed by atoms with van der Waals surface area (Å²) in [4.78, 5) is 4.30. The molecule has 96 valence electrons. The summed E-state index contributed by atoms with van der Waals surface area (Å²) < 4.78 is 6.73. The van der Waals surface area contributed by atoms with E-state index in [2.05, 4.69) is 52.4 Å². The topological polar surface area (TPSA) is 63.8 Å². The molecule has 1 aromatic carbocycles. The second-order valence-corrected chi connectivity index (χ2v) is 5.63. The minimum atomic E-state index is 0.359. The lowest BCUT2D eigenvalue weighted by atomic mass is 10.3. The molecule has 2 aromatic heterocycles. The number of rotatable bonds is 2. The maximum absolute atomic E-state index is 5.89. The molecule has 0 bridgehead atoms. The van der Waals surface area contributed by atoms with E-state index in [-0.39, 0.29) is 0 Å². The van der Waals surface area contributed by atoms with Crippen molar-refractivity contribution in [3.05, 3.63) is 38.5 Å². The predicted molar refractivity (Wildman–Crippen MR) is 79.7 cm³/mol. The van der Waals surface area contributed by atoms with Crippen LogP contribution >= 0.6 is 43.5 Å². The van der Waals surface area contributed by atoms with Crippen molar-refractivity contribution in [2.45, 2.75) is 0 Å². The summed E-state index contributed by atoms with van der Waals surface area (Å²) in [5, 5.41) is 11.4. The summed E-state index contributed by atoms with van der Waals surface area (Å²) in [6.45, 7) is 0. The van der Waals surface area contributed by atoms with Crippen molar-refractivity contribution < 1.29 is 4.42 Å². The number of anilines is 2. The highest BCUT2D eigenvalue weighted by molar-refractivity contribution is 9.11. The van der Waals surface area contributed by atoms with Crippen LogP contribution in [-0.4, -0.2) is 15.2 Å². The number of hydrogen-bond acceptors (Lipinski definition) is 5. The molecular formula is C11H5Br2ClN4O. The van der Waals surface area contributed by atoms with E-state index in [1.54, 1.807) is 24.3 Å². The van der Waals surface area contributed by atoms with Gasteiger partial charge in [-0.1, -0.05) is 11.6 Å². The molecule has 0 atom stereocenters. The molecule has 1 N–H and O–H groups in total. The van der Waals surface area contributed by atoms with Gasteiger partial charge in [-0.05, 0) is 50.1 Å². The summed E-state index contributed by atoms with van der Waals surface area (Å²) in [6, 6.07) is 7.39. The first kappa shape index (κ1) is 12.8. The first-order chi connectivity index (χ1) is 9.11. The lowest BCUT2D eigenvalue weighted by Crippen LogP contribution is -1.95. The van der Waals surface area contributed by atoms with Crippen LogP contribution < -0.4 is 5.32 Å². The fourth-order valence-electron chi connectivity index (χ4n) is 1.51. The Morgan fingerprint density at radius 2 is 2.00 bits per heavy atom. The van der Waals surface area contributed by atoms with E-state index in [9.17, 15) is 0 Å². The lowest BCUT2D eigenvalue weighted by molar-refractivity contribution is 0.623. The van der Waals surface area contributed by atoms with E-state index in [1.165, 1.54) is 0 Å². The third kappa shape index (κ3) is 2.72. The normalized spacial score (nSPS) is 10.9. The van der Waals surface area contributed by atoms with E-state index >= 15 is 0 Å². The maximum Gasteiger partial charge on any atom is 0.300 e. The van der Waals surface area contributed by atoms with Crippen molar-refractivity contribution >= 4 is 66.3 Å². The van der Waals surface area contributed by atoms with Crippen molar-refractivity contribution in [2.75, 3.05) is 5.32 Å². The molecule has 8 heteroatoms. The Morgan fingerprint density at radius 1 is 1.16 bits per heavy atom. The summed E-state index contributed by atoms with van der Waals surface area (Å²) in [7, 11) is 0. The molecule has 3 rings (SSSR count). The van der Waals surface area contributed by atoms with E-state index < -0.39 is 0 Å². The zero-order chi connectivity index (χ0) is 13.4. The third-order valence-electron chi connectivity index (χ3n) is 2.31. The summed E-state index contributed by atoms with van der Waals surface area (Å²) in [5.74, 6) is 0. The third-order valence-corrected chi connectivity index (χ3v) is 3.52. The molecule has 5 nitrogen and oxygen atoms in total. The highest BCUT2D eigenvalue weighted by Gasteiger charge is 2.09. The first-order valence-electron chi connectivity index (χ1n) is 5.14. The van der Waals surface area contributed by atoms with Gasteiger partial charge in [-0.25, -0.2) is 0 Å². The summed E-state index contributed by atoms with van der Waals surface area (Å²) in [6.07, 6.45) is 0. The van der Waals surface area contributed by atoms with Crippen molar-refractivity contribution in [1.29, 1.82) is 0 Å². The Hall–Kier alpha value is -1.18. The number of hydrogen-bond donors (Lipinski definition) is 1. The van der Waals surface area contributed by atoms with Crippen molar-refractivity contribution in [3.8, 4) is 0 Å². The largest absolute Gasteiger partial charge is 0.423 e. The molecule has 0 aliphatic rings. The van der Waals surface area contributed by atoms with Crippen LogP contribution in [0.2, 0.25) is 5.02 Å². The molecule has 3 aromatic rings. The molecule has 0 saturated heterocycles. The van der Waals surface area contributed by atoms with Gasteiger partial charge in [0.2, 0.25) is 0 Å². The van der Waals surface area contributed by atoms with Crippen molar-refractivity contribution in [3.63, 3.8) is 0 Å². The van der Waals surface area contributed by atoms with Gasteiger partial charge in [-0.15, -0.1) is 10.2 Å². The smallest absolute Gasteiger partial charge is 0.300 e. The van der Waals surface area contributed by atoms with Crippen LogP contribution in [0, 0.1) is 0 Å². The molecule has 0 amide bonds. The maximum atomic E-state index is 5.89. The van der Waals surface area contributed by atoms with Gasteiger partial charge in [-0.3, -0.25) is 0 Å². The molecule has 0 saturated carbocycles. The van der Waals surface area contributed by atoms with Gasteiger partial charge >= 0.3 is 0 Å². The van der Waals surface area contributed by atoms with Crippen molar-refractivity contribution in [1.82, 2.24) is 15.2 Å². The zero-order valence-corrected chi connectivity index (χ0v) is 13.1. The van der Waals surface area contributed by atoms with Crippen LogP contribution in [0.1, 0.15) is 0 Å². The SMILES string of the molecule is Clc1ccc2nc(Nc3cc(Br)nnc3Br)oc2c1. The predicted octanol–water partition coefficient (Wildman–Crippen LogP) is 4.54. The Labute approximate surface area is 129 Å². The Bertz CT molecular complexity index is 762. The van der Waals surface area contributed by atoms with Gasteiger partial charge in [0.15, 0.2) is 10.2 Å². The highest BCUT2D eigenvalue weighted by Crippen LogP contribution is 2.28. The van der Waals surface area contributed by atoms with Gasteiger partial charge in [-0.2, -0.15) is 4.98 Å². The van der Waals surface area contributed by atoms with E-state index in [0.29, 0.717) is 31.5 Å². The molecule has 0 spiro atoms. The molecule has 0 unspecified atom stereocenters. The number of nitrogens with one attached hydrogen (secondary N) is 1. The van der Waals surface area contributed by atoms with Crippen LogP contribution in [-0.2, 0) is 0 Å². The Kier molecular flexibility index (Phi) is 3.42. The molecule has 0 aliphatic carbocycles. The first-order valence-corrected chi connectivity index (χ1v) is 7.10. The van der Waals surface area contributed by atoms with E-state index in [0.717, 1.165) is 5.52 Å². The van der Waals surface area contributed by atoms with Gasteiger partial charge in [0.1, 0.15) is 10.1 Å². The molecular weight excluding hydrogens is 399 g/mol. The Morgan fingerprint density at radius 3 is 2.84 bits per heavy atom.